The zero-order chi connectivity index (χ0) is 20.0. The summed E-state index contributed by atoms with van der Waals surface area (Å²) >= 11 is 6.86. The Morgan fingerprint density at radius 2 is 1.89 bits per heavy atom. The van der Waals surface area contributed by atoms with Crippen molar-refractivity contribution >= 4 is 49.9 Å². The van der Waals surface area contributed by atoms with Crippen LogP contribution >= 0.6 is 31.9 Å². The molecule has 1 aliphatic heterocycles. The predicted octanol–water partition coefficient (Wildman–Crippen LogP) is 3.26. The van der Waals surface area contributed by atoms with Gasteiger partial charge in [0.2, 0.25) is 0 Å². The zero-order valence-corrected chi connectivity index (χ0v) is 17.9. The summed E-state index contributed by atoms with van der Waals surface area (Å²) in [6.07, 6.45) is 6.41. The zero-order valence-electron chi connectivity index (χ0n) is 14.8. The molecule has 4 atom stereocenters. The van der Waals surface area contributed by atoms with Crippen molar-refractivity contribution in [1.82, 2.24) is 5.01 Å². The van der Waals surface area contributed by atoms with Crippen LogP contribution in [-0.4, -0.2) is 36.8 Å². The molecule has 4 rings (SSSR count). The van der Waals surface area contributed by atoms with Gasteiger partial charge in [0.25, 0.3) is 11.8 Å². The Hall–Kier alpha value is -2.18. The average Bonchev–Trinajstić information content (AvgIpc) is 3.37. The number of carbonyl (C=O) groups excluding carboxylic acids is 2. The maximum atomic E-state index is 12.7. The minimum atomic E-state index is -0.286. The number of amides is 2. The number of allylic oxidation sites excluding steroid dienone is 2. The van der Waals surface area contributed by atoms with Crippen molar-refractivity contribution in [2.45, 2.75) is 6.42 Å². The molecule has 1 saturated heterocycles. The van der Waals surface area contributed by atoms with Gasteiger partial charge < -0.3 is 9.47 Å². The van der Waals surface area contributed by atoms with E-state index in [1.807, 2.05) is 18.2 Å². The van der Waals surface area contributed by atoms with Crippen LogP contribution in [0.1, 0.15) is 12.0 Å². The summed E-state index contributed by atoms with van der Waals surface area (Å²) in [5.41, 5.74) is 0.590. The molecular weight excluding hydrogens is 494 g/mol. The van der Waals surface area contributed by atoms with Crippen LogP contribution in [0.3, 0.4) is 0 Å². The van der Waals surface area contributed by atoms with E-state index in [0.717, 1.165) is 11.4 Å². The molecule has 9 heteroatoms. The fourth-order valence-electron chi connectivity index (χ4n) is 4.21. The molecule has 1 aromatic carbocycles. The summed E-state index contributed by atoms with van der Waals surface area (Å²) in [7, 11) is 1.48. The van der Waals surface area contributed by atoms with E-state index in [9.17, 15) is 9.59 Å². The molecule has 0 unspecified atom stereocenters. The van der Waals surface area contributed by atoms with E-state index in [4.69, 9.17) is 14.7 Å². The number of rotatable bonds is 5. The van der Waals surface area contributed by atoms with E-state index in [-0.39, 0.29) is 42.1 Å². The Bertz CT molecular complexity index is 939. The van der Waals surface area contributed by atoms with Crippen LogP contribution in [0.2, 0.25) is 0 Å². The van der Waals surface area contributed by atoms with Crippen LogP contribution in [0.15, 0.2) is 32.3 Å². The Morgan fingerprint density at radius 1 is 1.25 bits per heavy atom. The normalized spacial score (nSPS) is 27.6. The second-order valence-electron chi connectivity index (χ2n) is 6.80. The predicted molar refractivity (Wildman–Crippen MR) is 107 cm³/mol. The summed E-state index contributed by atoms with van der Waals surface area (Å²) in [6.45, 7) is -0.134. The Morgan fingerprint density at radius 3 is 2.46 bits per heavy atom. The lowest BCUT2D eigenvalue weighted by Gasteiger charge is -2.14. The van der Waals surface area contributed by atoms with Crippen molar-refractivity contribution in [3.63, 3.8) is 0 Å². The number of hydrogen-bond acceptors (Lipinski definition) is 6. The second kappa shape index (κ2) is 7.33. The summed E-state index contributed by atoms with van der Waals surface area (Å²) in [5, 5.41) is 13.9. The molecule has 144 valence electrons. The molecule has 1 heterocycles. The van der Waals surface area contributed by atoms with Crippen molar-refractivity contribution in [2.24, 2.45) is 28.8 Å². The van der Waals surface area contributed by atoms with E-state index in [1.165, 1.54) is 13.3 Å². The molecule has 0 radical (unpaired) electrons. The number of carbonyl (C=O) groups is 2. The number of hydrazone groups is 1. The number of benzene rings is 1. The van der Waals surface area contributed by atoms with Gasteiger partial charge in [0.15, 0.2) is 18.1 Å². The first-order valence-corrected chi connectivity index (χ1v) is 10.2. The van der Waals surface area contributed by atoms with Gasteiger partial charge in [-0.15, -0.1) is 0 Å². The molecule has 0 aromatic heterocycles. The molecule has 0 spiro atoms. The summed E-state index contributed by atoms with van der Waals surface area (Å²) in [5.74, 6) is 0.00706. The van der Waals surface area contributed by atoms with Gasteiger partial charge in [-0.3, -0.25) is 9.59 Å². The highest BCUT2D eigenvalue weighted by molar-refractivity contribution is 9.13. The fourth-order valence-corrected chi connectivity index (χ4v) is 5.15. The molecule has 2 fully saturated rings. The molecule has 7 nitrogen and oxygen atoms in total. The van der Waals surface area contributed by atoms with Crippen LogP contribution in [0.4, 0.5) is 0 Å². The van der Waals surface area contributed by atoms with Crippen LogP contribution in [-0.2, 0) is 9.59 Å². The highest BCUT2D eigenvalue weighted by Gasteiger charge is 2.59. The lowest BCUT2D eigenvalue weighted by molar-refractivity contribution is -0.140. The molecular formula is C19H15Br2N3O4. The number of imide groups is 1. The minimum absolute atomic E-state index is 0.134. The molecule has 2 amide bonds. The highest BCUT2D eigenvalue weighted by Crippen LogP contribution is 2.52. The maximum absolute atomic E-state index is 12.7. The molecule has 0 N–H and O–H groups in total. The molecule has 28 heavy (non-hydrogen) atoms. The molecule has 2 aliphatic carbocycles. The molecule has 1 aromatic rings. The topological polar surface area (TPSA) is 92.0 Å². The smallest absolute Gasteiger partial charge is 0.254 e. The van der Waals surface area contributed by atoms with Crippen molar-refractivity contribution in [2.75, 3.05) is 13.7 Å². The summed E-state index contributed by atoms with van der Waals surface area (Å²) in [6, 6.07) is 3.56. The van der Waals surface area contributed by atoms with Gasteiger partial charge in [-0.05, 0) is 56.2 Å². The standard InChI is InChI=1S/C19H15Br2N3O4/c1-27-12-7-11(15(20)16(21)17(12)28-5-4-22)8-23-24-18(25)13-9-2-3-10(6-9)14(13)19(24)26/h2-3,7-10,13-14H,5-6H2,1H3/t9-,10-,13-,14+/m0/s1. The Kier molecular flexibility index (Phi) is 5.02. The maximum Gasteiger partial charge on any atom is 0.254 e. The van der Waals surface area contributed by atoms with Crippen molar-refractivity contribution < 1.29 is 19.1 Å². The number of halogens is 2. The van der Waals surface area contributed by atoms with E-state index in [0.29, 0.717) is 26.0 Å². The third-order valence-corrected chi connectivity index (χ3v) is 7.56. The Balaban J connectivity index is 1.62. The largest absolute Gasteiger partial charge is 0.493 e. The molecule has 2 bridgehead atoms. The van der Waals surface area contributed by atoms with Crippen LogP contribution < -0.4 is 9.47 Å². The average molecular weight is 509 g/mol. The van der Waals surface area contributed by atoms with Crippen molar-refractivity contribution in [3.8, 4) is 17.6 Å². The van der Waals surface area contributed by atoms with E-state index < -0.39 is 0 Å². The lowest BCUT2D eigenvalue weighted by Crippen LogP contribution is -2.28. The first-order valence-electron chi connectivity index (χ1n) is 8.63. The van der Waals surface area contributed by atoms with Gasteiger partial charge in [-0.25, -0.2) is 0 Å². The number of fused-ring (bicyclic) bond motifs is 5. The quantitative estimate of drug-likeness (QED) is 0.346. The number of nitriles is 1. The van der Waals surface area contributed by atoms with E-state index in [1.54, 1.807) is 6.07 Å². The van der Waals surface area contributed by atoms with E-state index in [2.05, 4.69) is 37.0 Å². The van der Waals surface area contributed by atoms with Gasteiger partial charge in [-0.2, -0.15) is 15.4 Å². The van der Waals surface area contributed by atoms with Gasteiger partial charge in [0, 0.05) is 10.0 Å². The van der Waals surface area contributed by atoms with Crippen LogP contribution in [0, 0.1) is 35.0 Å². The van der Waals surface area contributed by atoms with Crippen LogP contribution in [0.25, 0.3) is 0 Å². The van der Waals surface area contributed by atoms with Crippen molar-refractivity contribution in [1.29, 1.82) is 5.26 Å². The lowest BCUT2D eigenvalue weighted by atomic mass is 9.85. The van der Waals surface area contributed by atoms with Gasteiger partial charge in [0.1, 0.15) is 6.07 Å². The first-order chi connectivity index (χ1) is 13.5. The number of ether oxygens (including phenoxy) is 2. The first kappa shape index (κ1) is 19.2. The SMILES string of the molecule is COc1cc(C=NN2C(=O)[C@@H]3[C@H](C2=O)[C@H]2C=C[C@H]3C2)c(Br)c(Br)c1OCC#N. The third-order valence-electron chi connectivity index (χ3n) is 5.42. The third kappa shape index (κ3) is 2.86. The Labute approximate surface area is 178 Å². The van der Waals surface area contributed by atoms with Gasteiger partial charge >= 0.3 is 0 Å². The number of methoxy groups -OCH3 is 1. The fraction of sp³-hybridized carbons (Fsp3) is 0.368. The van der Waals surface area contributed by atoms with Gasteiger partial charge in [-0.1, -0.05) is 12.2 Å². The van der Waals surface area contributed by atoms with Gasteiger partial charge in [0.05, 0.1) is 29.6 Å². The summed E-state index contributed by atoms with van der Waals surface area (Å²) < 4.78 is 11.9. The molecule has 3 aliphatic rings. The monoisotopic (exact) mass is 507 g/mol. The van der Waals surface area contributed by atoms with Crippen LogP contribution in [0.5, 0.6) is 11.5 Å². The second-order valence-corrected chi connectivity index (χ2v) is 8.39. The number of hydrogen-bond donors (Lipinski definition) is 0. The minimum Gasteiger partial charge on any atom is -0.493 e. The molecule has 1 saturated carbocycles. The summed E-state index contributed by atoms with van der Waals surface area (Å²) in [4.78, 5) is 25.4. The number of nitrogens with zero attached hydrogens (tertiary/aromatic N) is 3. The highest BCUT2D eigenvalue weighted by atomic mass is 79.9. The van der Waals surface area contributed by atoms with E-state index >= 15 is 0 Å². The van der Waals surface area contributed by atoms with Crippen molar-refractivity contribution in [3.05, 3.63) is 32.7 Å².